The Morgan fingerprint density at radius 1 is 0.667 bits per heavy atom. The summed E-state index contributed by atoms with van der Waals surface area (Å²) in [7, 11) is 0. The molecule has 0 saturated carbocycles. The Labute approximate surface area is 201 Å². The van der Waals surface area contributed by atoms with Crippen molar-refractivity contribution in [1.82, 2.24) is 0 Å². The van der Waals surface area contributed by atoms with E-state index < -0.39 is 0 Å². The Hall–Kier alpha value is -1.84. The highest BCUT2D eigenvalue weighted by molar-refractivity contribution is 5.64. The number of hydrogen-bond acceptors (Lipinski definition) is 3. The van der Waals surface area contributed by atoms with E-state index in [9.17, 15) is 0 Å². The fourth-order valence-corrected chi connectivity index (χ4v) is 4.41. The molecule has 0 aliphatic carbocycles. The van der Waals surface area contributed by atoms with E-state index in [0.717, 1.165) is 37.6 Å². The molecule has 3 heteroatoms. The summed E-state index contributed by atoms with van der Waals surface area (Å²) in [6.07, 6.45) is 13.9. The number of benzene rings is 2. The summed E-state index contributed by atoms with van der Waals surface area (Å²) in [5.74, 6) is 1.50. The van der Waals surface area contributed by atoms with Gasteiger partial charge in [0.15, 0.2) is 6.29 Å². The average Bonchev–Trinajstić information content (AvgIpc) is 2.87. The lowest BCUT2D eigenvalue weighted by atomic mass is 10.0. The van der Waals surface area contributed by atoms with Crippen molar-refractivity contribution >= 4 is 0 Å². The molecule has 0 amide bonds. The summed E-state index contributed by atoms with van der Waals surface area (Å²) in [5.41, 5.74) is 3.50. The van der Waals surface area contributed by atoms with Gasteiger partial charge in [-0.15, -0.1) is 0 Å². The Morgan fingerprint density at radius 2 is 1.21 bits per heavy atom. The van der Waals surface area contributed by atoms with Crippen molar-refractivity contribution in [2.24, 2.45) is 5.92 Å². The molecule has 1 aliphatic rings. The predicted octanol–water partition coefficient (Wildman–Crippen LogP) is 8.72. The van der Waals surface area contributed by atoms with E-state index in [2.05, 4.69) is 62.4 Å². The van der Waals surface area contributed by atoms with Crippen LogP contribution in [0.2, 0.25) is 0 Å². The largest absolute Gasteiger partial charge is 0.494 e. The zero-order valence-electron chi connectivity index (χ0n) is 20.9. The van der Waals surface area contributed by atoms with Crippen molar-refractivity contribution in [3.8, 4) is 16.9 Å². The van der Waals surface area contributed by atoms with Gasteiger partial charge in [-0.3, -0.25) is 0 Å². The van der Waals surface area contributed by atoms with Crippen LogP contribution in [0, 0.1) is 5.92 Å². The van der Waals surface area contributed by atoms with Crippen LogP contribution in [0.5, 0.6) is 5.75 Å². The van der Waals surface area contributed by atoms with Gasteiger partial charge in [-0.1, -0.05) is 108 Å². The van der Waals surface area contributed by atoms with Gasteiger partial charge in [-0.05, 0) is 36.1 Å². The molecule has 0 spiro atoms. The van der Waals surface area contributed by atoms with Gasteiger partial charge in [-0.2, -0.15) is 0 Å². The van der Waals surface area contributed by atoms with Crippen molar-refractivity contribution in [1.29, 1.82) is 0 Å². The molecule has 0 radical (unpaired) electrons. The van der Waals surface area contributed by atoms with E-state index in [-0.39, 0.29) is 6.29 Å². The second-order valence-electron chi connectivity index (χ2n) is 9.48. The van der Waals surface area contributed by atoms with Gasteiger partial charge in [0.2, 0.25) is 0 Å². The van der Waals surface area contributed by atoms with Crippen molar-refractivity contribution in [3.05, 3.63) is 54.1 Å². The highest BCUT2D eigenvalue weighted by Gasteiger charge is 2.23. The Kier molecular flexibility index (Phi) is 11.8. The molecule has 1 aliphatic heterocycles. The molecule has 2 aromatic rings. The molecule has 1 saturated heterocycles. The lowest BCUT2D eigenvalue weighted by Crippen LogP contribution is -2.27. The maximum atomic E-state index is 6.03. The molecule has 0 N–H and O–H groups in total. The first-order valence-electron chi connectivity index (χ1n) is 13.4. The molecular formula is C30H44O3. The second-order valence-corrected chi connectivity index (χ2v) is 9.48. The smallest absolute Gasteiger partial charge is 0.183 e. The first-order valence-corrected chi connectivity index (χ1v) is 13.4. The van der Waals surface area contributed by atoms with Crippen LogP contribution in [0.1, 0.15) is 96.3 Å². The van der Waals surface area contributed by atoms with Crippen LogP contribution in [-0.4, -0.2) is 19.8 Å². The highest BCUT2D eigenvalue weighted by atomic mass is 16.7. The van der Waals surface area contributed by atoms with Gasteiger partial charge in [0.25, 0.3) is 0 Å². The third-order valence-electron chi connectivity index (χ3n) is 6.57. The maximum Gasteiger partial charge on any atom is 0.183 e. The number of hydrogen-bond donors (Lipinski definition) is 0. The standard InChI is InChI=1S/C30H44O3/c1-3-5-7-9-10-12-22-31-29-20-18-27(19-21-29)26-14-16-28(17-15-26)30-32-23-25(24-33-30)13-11-8-6-4-2/h14-21,25,30H,3-13,22-24H2,1-2H3. The fraction of sp³-hybridized carbons (Fsp3) is 0.600. The predicted molar refractivity (Wildman–Crippen MR) is 138 cm³/mol. The van der Waals surface area contributed by atoms with Crippen LogP contribution in [0.3, 0.4) is 0 Å². The molecule has 3 rings (SSSR count). The van der Waals surface area contributed by atoms with Crippen molar-refractivity contribution in [2.45, 2.75) is 90.8 Å². The SMILES string of the molecule is CCCCCCCCOc1ccc(-c2ccc(C3OCC(CCCCCC)CO3)cc2)cc1. The Morgan fingerprint density at radius 3 is 1.85 bits per heavy atom. The van der Waals surface area contributed by atoms with Gasteiger partial charge in [0.05, 0.1) is 19.8 Å². The van der Waals surface area contributed by atoms with Crippen LogP contribution in [0.4, 0.5) is 0 Å². The van der Waals surface area contributed by atoms with E-state index in [4.69, 9.17) is 14.2 Å². The van der Waals surface area contributed by atoms with Gasteiger partial charge < -0.3 is 14.2 Å². The van der Waals surface area contributed by atoms with Crippen molar-refractivity contribution < 1.29 is 14.2 Å². The summed E-state index contributed by atoms with van der Waals surface area (Å²) in [5, 5.41) is 0. The van der Waals surface area contributed by atoms with E-state index in [1.165, 1.54) is 75.3 Å². The van der Waals surface area contributed by atoms with E-state index in [1.807, 2.05) is 0 Å². The normalized spacial score (nSPS) is 18.4. The third-order valence-corrected chi connectivity index (χ3v) is 6.57. The van der Waals surface area contributed by atoms with Crippen LogP contribution in [0.15, 0.2) is 48.5 Å². The minimum Gasteiger partial charge on any atom is -0.494 e. The molecule has 2 aromatic carbocycles. The summed E-state index contributed by atoms with van der Waals surface area (Å²) in [6.45, 7) is 6.92. The molecule has 182 valence electrons. The lowest BCUT2D eigenvalue weighted by molar-refractivity contribution is -0.206. The fourth-order valence-electron chi connectivity index (χ4n) is 4.41. The van der Waals surface area contributed by atoms with Crippen molar-refractivity contribution in [2.75, 3.05) is 19.8 Å². The van der Waals surface area contributed by atoms with Gasteiger partial charge in [0.1, 0.15) is 5.75 Å². The highest BCUT2D eigenvalue weighted by Crippen LogP contribution is 2.29. The van der Waals surface area contributed by atoms with E-state index in [0.29, 0.717) is 5.92 Å². The van der Waals surface area contributed by atoms with Crippen LogP contribution < -0.4 is 4.74 Å². The summed E-state index contributed by atoms with van der Waals surface area (Å²) in [4.78, 5) is 0. The monoisotopic (exact) mass is 452 g/mol. The minimum atomic E-state index is -0.233. The third kappa shape index (κ3) is 9.14. The molecule has 0 aromatic heterocycles. The van der Waals surface area contributed by atoms with Crippen LogP contribution in [-0.2, 0) is 9.47 Å². The van der Waals surface area contributed by atoms with Gasteiger partial charge in [0, 0.05) is 11.5 Å². The maximum absolute atomic E-state index is 6.03. The minimum absolute atomic E-state index is 0.233. The van der Waals surface area contributed by atoms with Gasteiger partial charge >= 0.3 is 0 Å². The lowest BCUT2D eigenvalue weighted by Gasteiger charge is -2.29. The molecule has 3 nitrogen and oxygen atoms in total. The zero-order valence-corrected chi connectivity index (χ0v) is 20.9. The van der Waals surface area contributed by atoms with Crippen LogP contribution >= 0.6 is 0 Å². The Balaban J connectivity index is 1.39. The molecule has 0 atom stereocenters. The van der Waals surface area contributed by atoms with E-state index in [1.54, 1.807) is 0 Å². The number of ether oxygens (including phenoxy) is 3. The molecule has 0 unspecified atom stereocenters. The molecule has 1 fully saturated rings. The first kappa shape index (κ1) is 25.8. The second kappa shape index (κ2) is 15.1. The Bertz CT molecular complexity index is 745. The summed E-state index contributed by atoms with van der Waals surface area (Å²) >= 11 is 0. The number of rotatable bonds is 15. The van der Waals surface area contributed by atoms with Crippen LogP contribution in [0.25, 0.3) is 11.1 Å². The van der Waals surface area contributed by atoms with E-state index >= 15 is 0 Å². The zero-order chi connectivity index (χ0) is 23.1. The first-order chi connectivity index (χ1) is 16.3. The van der Waals surface area contributed by atoms with Crippen molar-refractivity contribution in [3.63, 3.8) is 0 Å². The molecule has 0 bridgehead atoms. The average molecular weight is 453 g/mol. The topological polar surface area (TPSA) is 27.7 Å². The number of unbranched alkanes of at least 4 members (excludes halogenated alkanes) is 8. The molecule has 1 heterocycles. The molecular weight excluding hydrogens is 408 g/mol. The quantitative estimate of drug-likeness (QED) is 0.253. The molecule has 33 heavy (non-hydrogen) atoms. The summed E-state index contributed by atoms with van der Waals surface area (Å²) in [6, 6.07) is 17.0. The van der Waals surface area contributed by atoms with Gasteiger partial charge in [-0.25, -0.2) is 0 Å². The summed E-state index contributed by atoms with van der Waals surface area (Å²) < 4.78 is 18.0.